The molecular weight excluding hydrogens is 274 g/mol. The van der Waals surface area contributed by atoms with Gasteiger partial charge in [0.2, 0.25) is 0 Å². The van der Waals surface area contributed by atoms with Crippen molar-refractivity contribution in [3.05, 3.63) is 34.3 Å². The summed E-state index contributed by atoms with van der Waals surface area (Å²) in [6, 6.07) is 7.49. The van der Waals surface area contributed by atoms with Gasteiger partial charge in [-0.15, -0.1) is 0 Å². The third-order valence-corrected chi connectivity index (χ3v) is 3.03. The Kier molecular flexibility index (Phi) is 3.46. The molecule has 2 rings (SSSR count). The monoisotopic (exact) mass is 285 g/mol. The summed E-state index contributed by atoms with van der Waals surface area (Å²) in [5, 5.41) is 11.6. The van der Waals surface area contributed by atoms with Gasteiger partial charge >= 0.3 is 6.09 Å². The first kappa shape index (κ1) is 11.4. The molecule has 0 aromatic heterocycles. The summed E-state index contributed by atoms with van der Waals surface area (Å²) in [7, 11) is 0. The average molecular weight is 286 g/mol. The standard InChI is InChI=1S/C11H12BrNO3/c12-8-3-1-2-7(4-8)5-10-9(6-14)13-11(15)16-10/h1-4,9-10,14H,5-6H2,(H,13,15). The van der Waals surface area contributed by atoms with Crippen LogP contribution in [0.5, 0.6) is 0 Å². The Balaban J connectivity index is 2.06. The summed E-state index contributed by atoms with van der Waals surface area (Å²) in [6.07, 6.45) is -0.158. The van der Waals surface area contributed by atoms with Crippen LogP contribution in [0.3, 0.4) is 0 Å². The number of rotatable bonds is 3. The second-order valence-corrected chi connectivity index (χ2v) is 4.63. The molecule has 1 saturated heterocycles. The molecule has 86 valence electrons. The minimum absolute atomic E-state index is 0.107. The van der Waals surface area contributed by atoms with Crippen LogP contribution in [-0.4, -0.2) is 30.0 Å². The third kappa shape index (κ3) is 2.54. The summed E-state index contributed by atoms with van der Waals surface area (Å²) in [4.78, 5) is 11.0. The van der Waals surface area contributed by atoms with E-state index in [2.05, 4.69) is 21.2 Å². The topological polar surface area (TPSA) is 58.6 Å². The number of hydrogen-bond donors (Lipinski definition) is 2. The zero-order valence-corrected chi connectivity index (χ0v) is 10.1. The Bertz CT molecular complexity index is 397. The van der Waals surface area contributed by atoms with Crippen LogP contribution >= 0.6 is 15.9 Å². The zero-order valence-electron chi connectivity index (χ0n) is 8.52. The number of alkyl carbamates (subject to hydrolysis) is 1. The number of nitrogens with one attached hydrogen (secondary N) is 1. The predicted molar refractivity (Wildman–Crippen MR) is 62.1 cm³/mol. The van der Waals surface area contributed by atoms with E-state index in [4.69, 9.17) is 9.84 Å². The molecule has 0 saturated carbocycles. The van der Waals surface area contributed by atoms with Gasteiger partial charge in [-0.05, 0) is 17.7 Å². The summed E-state index contributed by atoms with van der Waals surface area (Å²) in [6.45, 7) is -0.107. The number of ether oxygens (including phenoxy) is 1. The summed E-state index contributed by atoms with van der Waals surface area (Å²) in [5.74, 6) is 0. The molecule has 5 heteroatoms. The van der Waals surface area contributed by atoms with E-state index in [1.54, 1.807) is 0 Å². The van der Waals surface area contributed by atoms with Crippen LogP contribution in [0, 0.1) is 0 Å². The van der Waals surface area contributed by atoms with Crippen molar-refractivity contribution in [2.45, 2.75) is 18.6 Å². The van der Waals surface area contributed by atoms with E-state index in [1.165, 1.54) is 0 Å². The molecule has 0 bridgehead atoms. The number of aliphatic hydroxyl groups is 1. The Labute approximate surface area is 102 Å². The van der Waals surface area contributed by atoms with Crippen molar-refractivity contribution >= 4 is 22.0 Å². The first-order valence-corrected chi connectivity index (χ1v) is 5.81. The zero-order chi connectivity index (χ0) is 11.5. The van der Waals surface area contributed by atoms with E-state index < -0.39 is 6.09 Å². The van der Waals surface area contributed by atoms with Crippen molar-refractivity contribution in [2.24, 2.45) is 0 Å². The van der Waals surface area contributed by atoms with Crippen molar-refractivity contribution in [1.29, 1.82) is 0 Å². The fourth-order valence-corrected chi connectivity index (χ4v) is 2.19. The molecule has 1 amide bonds. The highest BCUT2D eigenvalue weighted by Gasteiger charge is 2.33. The molecule has 0 aliphatic carbocycles. The molecule has 1 heterocycles. The van der Waals surface area contributed by atoms with Crippen molar-refractivity contribution in [3.63, 3.8) is 0 Å². The number of carbonyl (C=O) groups is 1. The molecule has 2 unspecified atom stereocenters. The van der Waals surface area contributed by atoms with E-state index in [1.807, 2.05) is 24.3 Å². The number of amides is 1. The van der Waals surface area contributed by atoms with Gasteiger partial charge in [0.25, 0.3) is 0 Å². The quantitative estimate of drug-likeness (QED) is 0.884. The van der Waals surface area contributed by atoms with E-state index in [0.29, 0.717) is 6.42 Å². The number of halogens is 1. The molecular formula is C11H12BrNO3. The average Bonchev–Trinajstić information content (AvgIpc) is 2.59. The Morgan fingerprint density at radius 3 is 3.00 bits per heavy atom. The maximum atomic E-state index is 11.0. The highest BCUT2D eigenvalue weighted by molar-refractivity contribution is 9.10. The Hall–Kier alpha value is -1.07. The number of cyclic esters (lactones) is 1. The molecule has 2 atom stereocenters. The maximum absolute atomic E-state index is 11.0. The Morgan fingerprint density at radius 2 is 2.31 bits per heavy atom. The molecule has 1 aliphatic rings. The predicted octanol–water partition coefficient (Wildman–Crippen LogP) is 1.46. The van der Waals surface area contributed by atoms with E-state index in [-0.39, 0.29) is 18.8 Å². The lowest BCUT2D eigenvalue weighted by Gasteiger charge is -2.14. The summed E-state index contributed by atoms with van der Waals surface area (Å²) in [5.41, 5.74) is 1.06. The van der Waals surface area contributed by atoms with Crippen LogP contribution in [0.4, 0.5) is 4.79 Å². The third-order valence-electron chi connectivity index (χ3n) is 2.53. The van der Waals surface area contributed by atoms with Gasteiger partial charge < -0.3 is 15.2 Å². The maximum Gasteiger partial charge on any atom is 0.407 e. The van der Waals surface area contributed by atoms with Gasteiger partial charge in [0, 0.05) is 10.9 Å². The molecule has 0 radical (unpaired) electrons. The highest BCUT2D eigenvalue weighted by Crippen LogP contribution is 2.17. The van der Waals surface area contributed by atoms with Crippen LogP contribution in [0.1, 0.15) is 5.56 Å². The van der Waals surface area contributed by atoms with Gasteiger partial charge in [0.05, 0.1) is 12.6 Å². The minimum atomic E-state index is -0.459. The van der Waals surface area contributed by atoms with Crippen molar-refractivity contribution in [3.8, 4) is 0 Å². The van der Waals surface area contributed by atoms with Crippen LogP contribution in [0.2, 0.25) is 0 Å². The second kappa shape index (κ2) is 4.84. The summed E-state index contributed by atoms with van der Waals surface area (Å²) >= 11 is 3.38. The highest BCUT2D eigenvalue weighted by atomic mass is 79.9. The van der Waals surface area contributed by atoms with Crippen molar-refractivity contribution < 1.29 is 14.6 Å². The SMILES string of the molecule is O=C1NC(CO)C(Cc2cccc(Br)c2)O1. The number of aliphatic hydroxyl groups excluding tert-OH is 1. The molecule has 4 nitrogen and oxygen atoms in total. The van der Waals surface area contributed by atoms with Gasteiger partial charge in [0.15, 0.2) is 0 Å². The number of carbonyl (C=O) groups excluding carboxylic acids is 1. The van der Waals surface area contributed by atoms with Crippen LogP contribution in [0.25, 0.3) is 0 Å². The minimum Gasteiger partial charge on any atom is -0.444 e. The lowest BCUT2D eigenvalue weighted by molar-refractivity contribution is 0.118. The largest absolute Gasteiger partial charge is 0.444 e. The van der Waals surface area contributed by atoms with E-state index in [9.17, 15) is 4.79 Å². The fraction of sp³-hybridized carbons (Fsp3) is 0.364. The van der Waals surface area contributed by atoms with Crippen LogP contribution < -0.4 is 5.32 Å². The first-order valence-electron chi connectivity index (χ1n) is 5.01. The van der Waals surface area contributed by atoms with Gasteiger partial charge in [-0.3, -0.25) is 0 Å². The smallest absolute Gasteiger partial charge is 0.407 e. The molecule has 1 aliphatic heterocycles. The molecule has 0 spiro atoms. The summed E-state index contributed by atoms with van der Waals surface area (Å²) < 4.78 is 6.07. The van der Waals surface area contributed by atoms with Crippen LogP contribution in [0.15, 0.2) is 28.7 Å². The Morgan fingerprint density at radius 1 is 1.50 bits per heavy atom. The molecule has 1 aromatic carbocycles. The lowest BCUT2D eigenvalue weighted by atomic mass is 10.0. The van der Waals surface area contributed by atoms with Crippen LogP contribution in [-0.2, 0) is 11.2 Å². The van der Waals surface area contributed by atoms with Crippen molar-refractivity contribution in [1.82, 2.24) is 5.32 Å². The normalized spacial score (nSPS) is 24.0. The second-order valence-electron chi connectivity index (χ2n) is 3.71. The molecule has 1 fully saturated rings. The molecule has 16 heavy (non-hydrogen) atoms. The van der Waals surface area contributed by atoms with E-state index in [0.717, 1.165) is 10.0 Å². The molecule has 1 aromatic rings. The van der Waals surface area contributed by atoms with Crippen molar-refractivity contribution in [2.75, 3.05) is 6.61 Å². The van der Waals surface area contributed by atoms with Gasteiger partial charge in [-0.2, -0.15) is 0 Å². The van der Waals surface area contributed by atoms with E-state index >= 15 is 0 Å². The molecule has 2 N–H and O–H groups in total. The number of benzene rings is 1. The number of hydrogen-bond acceptors (Lipinski definition) is 3. The fourth-order valence-electron chi connectivity index (χ4n) is 1.74. The lowest BCUT2D eigenvalue weighted by Crippen LogP contribution is -2.36. The van der Waals surface area contributed by atoms with Gasteiger partial charge in [-0.1, -0.05) is 28.1 Å². The van der Waals surface area contributed by atoms with Gasteiger partial charge in [0.1, 0.15) is 6.10 Å². The van der Waals surface area contributed by atoms with Gasteiger partial charge in [-0.25, -0.2) is 4.79 Å². The first-order chi connectivity index (χ1) is 7.69.